The molecule has 0 unspecified atom stereocenters. The van der Waals surface area contributed by atoms with Gasteiger partial charge in [-0.05, 0) is 12.5 Å². The fraction of sp³-hybridized carbons (Fsp3) is 0.286. The number of methoxy groups -OCH3 is 1. The Morgan fingerprint density at radius 2 is 2.11 bits per heavy atom. The third-order valence-corrected chi connectivity index (χ3v) is 2.94. The smallest absolute Gasteiger partial charge is 0.209 e. The molecule has 2 rings (SSSR count). The van der Waals surface area contributed by atoms with Gasteiger partial charge in [-0.1, -0.05) is 30.3 Å². The Morgan fingerprint density at radius 3 is 2.74 bits per heavy atom. The van der Waals surface area contributed by atoms with Gasteiger partial charge in [0, 0.05) is 7.11 Å². The van der Waals surface area contributed by atoms with E-state index in [0.29, 0.717) is 0 Å². The number of ketones is 1. The first-order valence-corrected chi connectivity index (χ1v) is 5.95. The van der Waals surface area contributed by atoms with Crippen molar-refractivity contribution in [1.29, 1.82) is 0 Å². The number of hydrogen-bond donors (Lipinski definition) is 0. The largest absolute Gasteiger partial charge is 0.376 e. The van der Waals surface area contributed by atoms with Crippen LogP contribution in [0.2, 0.25) is 0 Å². The van der Waals surface area contributed by atoms with Crippen molar-refractivity contribution >= 4 is 5.78 Å². The first-order valence-electron chi connectivity index (χ1n) is 5.95. The van der Waals surface area contributed by atoms with Crippen LogP contribution in [0.15, 0.2) is 36.5 Å². The van der Waals surface area contributed by atoms with Crippen LogP contribution in [0.1, 0.15) is 29.0 Å². The van der Waals surface area contributed by atoms with Gasteiger partial charge in [-0.3, -0.25) is 9.48 Å². The molecule has 0 bridgehead atoms. The number of benzene rings is 1. The summed E-state index contributed by atoms with van der Waals surface area (Å²) in [4.78, 5) is 11.9. The minimum atomic E-state index is -0.621. The molecule has 19 heavy (non-hydrogen) atoms. The predicted octanol–water partition coefficient (Wildman–Crippen LogP) is 2.46. The van der Waals surface area contributed by atoms with Crippen molar-refractivity contribution < 1.29 is 13.9 Å². The summed E-state index contributed by atoms with van der Waals surface area (Å²) in [5, 5.41) is 3.96. The number of hydrogen-bond acceptors (Lipinski definition) is 3. The van der Waals surface area contributed by atoms with Crippen molar-refractivity contribution in [2.75, 3.05) is 13.7 Å². The lowest BCUT2D eigenvalue weighted by Gasteiger charge is -2.15. The second-order valence-corrected chi connectivity index (χ2v) is 4.23. The van der Waals surface area contributed by atoms with Gasteiger partial charge < -0.3 is 4.74 Å². The Morgan fingerprint density at radius 1 is 1.42 bits per heavy atom. The Bertz CT molecular complexity index is 566. The second kappa shape index (κ2) is 5.75. The average Bonchev–Trinajstić information content (AvgIpc) is 2.81. The molecule has 5 heteroatoms. The molecule has 0 radical (unpaired) electrons. The zero-order valence-corrected chi connectivity index (χ0v) is 10.8. The highest BCUT2D eigenvalue weighted by Gasteiger charge is 2.22. The molecule has 0 amide bonds. The Labute approximate surface area is 110 Å². The van der Waals surface area contributed by atoms with Crippen LogP contribution >= 0.6 is 0 Å². The van der Waals surface area contributed by atoms with Crippen LogP contribution < -0.4 is 0 Å². The zero-order chi connectivity index (χ0) is 13.8. The molecular weight excluding hydrogens is 247 g/mol. The lowest BCUT2D eigenvalue weighted by Crippen LogP contribution is -2.19. The normalized spacial score (nSPS) is 12.4. The summed E-state index contributed by atoms with van der Waals surface area (Å²) in [5.74, 6) is -1.04. The molecule has 0 spiro atoms. The molecule has 1 aromatic carbocycles. The van der Waals surface area contributed by atoms with Crippen LogP contribution in [-0.4, -0.2) is 29.3 Å². The van der Waals surface area contributed by atoms with Crippen molar-refractivity contribution in [2.45, 2.75) is 13.0 Å². The van der Waals surface area contributed by atoms with Gasteiger partial charge in [0.25, 0.3) is 0 Å². The van der Waals surface area contributed by atoms with Crippen molar-refractivity contribution in [3.05, 3.63) is 53.6 Å². The molecule has 0 aliphatic rings. The highest BCUT2D eigenvalue weighted by Crippen LogP contribution is 2.20. The summed E-state index contributed by atoms with van der Waals surface area (Å²) in [6.45, 7) is 1.70. The van der Waals surface area contributed by atoms with Crippen LogP contribution in [0, 0.1) is 5.82 Å². The number of Topliss-reactive ketones (excluding diaryl/α,β-unsaturated/α-hetero) is 1. The number of ether oxygens (including phenoxy) is 1. The molecule has 0 aliphatic carbocycles. The lowest BCUT2D eigenvalue weighted by molar-refractivity contribution is 0.0831. The van der Waals surface area contributed by atoms with Crippen molar-refractivity contribution in [2.24, 2.45) is 0 Å². The zero-order valence-electron chi connectivity index (χ0n) is 10.8. The standard InChI is InChI=1S/C14H15FN2O2/c1-10(11-6-4-3-5-7-11)17-14(12(15)8-16-17)13(18)9-19-2/h3-8,10H,9H2,1-2H3/t10-/m1/s1. The molecule has 0 aliphatic heterocycles. The third kappa shape index (κ3) is 2.71. The quantitative estimate of drug-likeness (QED) is 0.777. The van der Waals surface area contributed by atoms with E-state index in [9.17, 15) is 9.18 Å². The topological polar surface area (TPSA) is 44.1 Å². The van der Waals surface area contributed by atoms with E-state index in [2.05, 4.69) is 5.10 Å². The highest BCUT2D eigenvalue weighted by molar-refractivity contribution is 5.95. The van der Waals surface area contributed by atoms with E-state index >= 15 is 0 Å². The Kier molecular flexibility index (Phi) is 4.06. The molecule has 0 N–H and O–H groups in total. The van der Waals surface area contributed by atoms with Crippen LogP contribution in [-0.2, 0) is 4.74 Å². The molecule has 0 fully saturated rings. The summed E-state index contributed by atoms with van der Waals surface area (Å²) < 4.78 is 19.9. The summed E-state index contributed by atoms with van der Waals surface area (Å²) in [6, 6.07) is 9.28. The van der Waals surface area contributed by atoms with Gasteiger partial charge in [0.1, 0.15) is 12.3 Å². The molecule has 100 valence electrons. The molecule has 1 heterocycles. The van der Waals surface area contributed by atoms with Gasteiger partial charge >= 0.3 is 0 Å². The summed E-state index contributed by atoms with van der Waals surface area (Å²) in [5.41, 5.74) is 0.912. The van der Waals surface area contributed by atoms with Gasteiger partial charge in [0.05, 0.1) is 12.2 Å². The monoisotopic (exact) mass is 262 g/mol. The fourth-order valence-electron chi connectivity index (χ4n) is 1.97. The van der Waals surface area contributed by atoms with Gasteiger partial charge in [-0.25, -0.2) is 4.39 Å². The van der Waals surface area contributed by atoms with Gasteiger partial charge in [0.15, 0.2) is 5.82 Å². The van der Waals surface area contributed by atoms with E-state index in [1.165, 1.54) is 11.8 Å². The van der Waals surface area contributed by atoms with Crippen LogP contribution in [0.3, 0.4) is 0 Å². The third-order valence-electron chi connectivity index (χ3n) is 2.94. The van der Waals surface area contributed by atoms with E-state index in [0.717, 1.165) is 11.8 Å². The first kappa shape index (κ1) is 13.4. The second-order valence-electron chi connectivity index (χ2n) is 4.23. The van der Waals surface area contributed by atoms with E-state index in [1.54, 1.807) is 0 Å². The number of carbonyl (C=O) groups excluding carboxylic acids is 1. The molecule has 1 atom stereocenters. The first-order chi connectivity index (χ1) is 9.15. The van der Waals surface area contributed by atoms with Crippen molar-refractivity contribution in [3.63, 3.8) is 0 Å². The number of rotatable bonds is 5. The number of nitrogens with zero attached hydrogens (tertiary/aromatic N) is 2. The predicted molar refractivity (Wildman–Crippen MR) is 68.6 cm³/mol. The van der Waals surface area contributed by atoms with Crippen molar-refractivity contribution in [3.8, 4) is 0 Å². The fourth-order valence-corrected chi connectivity index (χ4v) is 1.97. The maximum absolute atomic E-state index is 13.7. The number of carbonyl (C=O) groups is 1. The van der Waals surface area contributed by atoms with Crippen LogP contribution in [0.4, 0.5) is 4.39 Å². The SMILES string of the molecule is COCC(=O)c1c(F)cnn1[C@H](C)c1ccccc1. The van der Waals surface area contributed by atoms with E-state index in [-0.39, 0.29) is 18.3 Å². The maximum Gasteiger partial charge on any atom is 0.209 e. The molecule has 2 aromatic rings. The molecule has 1 aromatic heterocycles. The summed E-state index contributed by atoms with van der Waals surface area (Å²) in [7, 11) is 1.40. The maximum atomic E-state index is 13.7. The van der Waals surface area contributed by atoms with E-state index in [4.69, 9.17) is 4.74 Å². The van der Waals surface area contributed by atoms with Crippen LogP contribution in [0.5, 0.6) is 0 Å². The Hall–Kier alpha value is -2.01. The lowest BCUT2D eigenvalue weighted by atomic mass is 10.1. The molecular formula is C14H15FN2O2. The van der Waals surface area contributed by atoms with Crippen molar-refractivity contribution in [1.82, 2.24) is 9.78 Å². The van der Waals surface area contributed by atoms with Gasteiger partial charge in [-0.2, -0.15) is 5.10 Å². The van der Waals surface area contributed by atoms with Gasteiger partial charge in [-0.15, -0.1) is 0 Å². The average molecular weight is 262 g/mol. The van der Waals surface area contributed by atoms with E-state index in [1.807, 2.05) is 37.3 Å². The Balaban J connectivity index is 2.38. The number of halogens is 1. The van der Waals surface area contributed by atoms with Crippen LogP contribution in [0.25, 0.3) is 0 Å². The summed E-state index contributed by atoms with van der Waals surface area (Å²) in [6.07, 6.45) is 1.06. The van der Waals surface area contributed by atoms with Gasteiger partial charge in [0.2, 0.25) is 5.78 Å². The minimum Gasteiger partial charge on any atom is -0.376 e. The minimum absolute atomic E-state index is 0.0433. The highest BCUT2D eigenvalue weighted by atomic mass is 19.1. The molecule has 0 saturated carbocycles. The summed E-state index contributed by atoms with van der Waals surface area (Å²) >= 11 is 0. The molecule has 4 nitrogen and oxygen atoms in total. The van der Waals surface area contributed by atoms with E-state index < -0.39 is 11.6 Å². The molecule has 0 saturated heterocycles. The number of aromatic nitrogens is 2.